The molecular formula is C27H40N2O4. The monoisotopic (exact) mass is 456 g/mol. The van der Waals surface area contributed by atoms with Crippen LogP contribution in [0.2, 0.25) is 0 Å². The number of benzene rings is 1. The Kier molecular flexibility index (Phi) is 8.18. The number of rotatable bonds is 9. The van der Waals surface area contributed by atoms with Crippen LogP contribution >= 0.6 is 0 Å². The molecule has 0 aromatic heterocycles. The summed E-state index contributed by atoms with van der Waals surface area (Å²) in [7, 11) is 0. The number of nitrogens with one attached hydrogen (secondary N) is 1. The average molecular weight is 457 g/mol. The minimum absolute atomic E-state index is 0. The van der Waals surface area contributed by atoms with Crippen LogP contribution in [0.5, 0.6) is 0 Å². The number of ether oxygens (including phenoxy) is 1. The minimum Gasteiger partial charge on any atom is -0.368 e. The summed E-state index contributed by atoms with van der Waals surface area (Å²) in [4.78, 5) is 40.2. The maximum atomic E-state index is 13.1. The highest BCUT2D eigenvalue weighted by atomic mass is 16.5. The molecule has 2 saturated carbocycles. The molecule has 3 aliphatic rings. The predicted octanol–water partition coefficient (Wildman–Crippen LogP) is 4.48. The lowest BCUT2D eigenvalue weighted by Gasteiger charge is -2.33. The van der Waals surface area contributed by atoms with E-state index in [0.717, 1.165) is 63.5 Å². The first-order valence-corrected chi connectivity index (χ1v) is 12.9. The van der Waals surface area contributed by atoms with Crippen LogP contribution in [-0.2, 0) is 14.3 Å². The van der Waals surface area contributed by atoms with E-state index in [1.807, 2.05) is 36.1 Å². The van der Waals surface area contributed by atoms with E-state index < -0.39 is 0 Å². The fraction of sp³-hybridized carbons (Fsp3) is 0.667. The number of ketones is 1. The van der Waals surface area contributed by atoms with Crippen molar-refractivity contribution in [2.45, 2.75) is 89.2 Å². The van der Waals surface area contributed by atoms with Crippen LogP contribution in [0.3, 0.4) is 0 Å². The van der Waals surface area contributed by atoms with Gasteiger partial charge in [-0.25, -0.2) is 0 Å². The third-order valence-corrected chi connectivity index (χ3v) is 7.46. The van der Waals surface area contributed by atoms with Crippen molar-refractivity contribution in [3.63, 3.8) is 0 Å². The highest BCUT2D eigenvalue weighted by Crippen LogP contribution is 2.30. The second kappa shape index (κ2) is 11.3. The van der Waals surface area contributed by atoms with Gasteiger partial charge in [-0.2, -0.15) is 0 Å². The number of nitrogens with zero attached hydrogens (tertiary/aromatic N) is 1. The van der Waals surface area contributed by atoms with Gasteiger partial charge in [0.25, 0.3) is 5.91 Å². The van der Waals surface area contributed by atoms with Crippen molar-refractivity contribution in [3.05, 3.63) is 35.4 Å². The Hall–Kier alpha value is -2.21. The van der Waals surface area contributed by atoms with Gasteiger partial charge in [-0.1, -0.05) is 38.3 Å². The van der Waals surface area contributed by atoms with Crippen LogP contribution in [0, 0.1) is 5.92 Å². The lowest BCUT2D eigenvalue weighted by molar-refractivity contribution is -0.137. The van der Waals surface area contributed by atoms with E-state index in [2.05, 4.69) is 5.32 Å². The summed E-state index contributed by atoms with van der Waals surface area (Å²) in [5.41, 5.74) is 1.68. The average Bonchev–Trinajstić information content (AvgIpc) is 3.70. The van der Waals surface area contributed by atoms with Gasteiger partial charge in [-0.15, -0.1) is 0 Å². The number of carbonyl (C=O) groups is 3. The lowest BCUT2D eigenvalue weighted by Crippen LogP contribution is -2.46. The van der Waals surface area contributed by atoms with Crippen LogP contribution < -0.4 is 5.32 Å². The Labute approximate surface area is 198 Å². The molecule has 6 heteroatoms. The van der Waals surface area contributed by atoms with Crippen LogP contribution in [0.1, 0.15) is 94.4 Å². The molecule has 6 nitrogen and oxygen atoms in total. The number of Topliss-reactive ketones (excluding diaryl/α,β-unsaturated/α-hetero) is 1. The first-order valence-electron chi connectivity index (χ1n) is 12.9. The molecule has 3 fully saturated rings. The lowest BCUT2D eigenvalue weighted by atomic mass is 9.81. The Morgan fingerprint density at radius 3 is 2.61 bits per heavy atom. The van der Waals surface area contributed by atoms with Crippen LogP contribution in [-0.4, -0.2) is 54.3 Å². The van der Waals surface area contributed by atoms with Crippen molar-refractivity contribution in [1.29, 1.82) is 0 Å². The molecule has 0 radical (unpaired) electrons. The van der Waals surface area contributed by atoms with Crippen molar-refractivity contribution >= 4 is 17.6 Å². The summed E-state index contributed by atoms with van der Waals surface area (Å²) in [6.07, 6.45) is 10.3. The molecule has 1 heterocycles. The van der Waals surface area contributed by atoms with Crippen molar-refractivity contribution < 1.29 is 20.5 Å². The number of piperidine rings is 1. The molecule has 4 rings (SSSR count). The van der Waals surface area contributed by atoms with Crippen LogP contribution in [0.4, 0.5) is 0 Å². The summed E-state index contributed by atoms with van der Waals surface area (Å²) in [5.74, 6) is 0.475. The van der Waals surface area contributed by atoms with Crippen LogP contribution in [0.15, 0.2) is 24.3 Å². The molecule has 0 bridgehead atoms. The maximum Gasteiger partial charge on any atom is 0.251 e. The van der Waals surface area contributed by atoms with Gasteiger partial charge in [0.15, 0.2) is 5.78 Å². The van der Waals surface area contributed by atoms with Crippen molar-refractivity contribution in [2.75, 3.05) is 19.7 Å². The van der Waals surface area contributed by atoms with Gasteiger partial charge >= 0.3 is 0 Å². The van der Waals surface area contributed by atoms with E-state index in [1.54, 1.807) is 0 Å². The third kappa shape index (κ3) is 6.44. The molecule has 2 aliphatic carbocycles. The summed E-state index contributed by atoms with van der Waals surface area (Å²) < 4.78 is 5.60. The summed E-state index contributed by atoms with van der Waals surface area (Å²) in [6.45, 7) is 3.48. The number of likely N-dealkylation sites (tertiary alicyclic amines) is 1. The normalized spacial score (nSPS) is 22.6. The van der Waals surface area contributed by atoms with Crippen LogP contribution in [0.25, 0.3) is 0 Å². The molecule has 1 unspecified atom stereocenters. The molecule has 1 saturated heterocycles. The summed E-state index contributed by atoms with van der Waals surface area (Å²) in [6, 6.07) is 7.34. The highest BCUT2D eigenvalue weighted by molar-refractivity contribution is 5.98. The zero-order chi connectivity index (χ0) is 23.2. The van der Waals surface area contributed by atoms with Gasteiger partial charge in [-0.05, 0) is 62.1 Å². The van der Waals surface area contributed by atoms with Gasteiger partial charge in [-0.3, -0.25) is 14.4 Å². The molecule has 2 amide bonds. The Morgan fingerprint density at radius 1 is 1.09 bits per heavy atom. The second-order valence-corrected chi connectivity index (χ2v) is 9.98. The fourth-order valence-electron chi connectivity index (χ4n) is 5.30. The smallest absolute Gasteiger partial charge is 0.251 e. The standard InChI is InChI=1S/C27H38N2O4.H2/c1-2-24(30)26(19-8-4-3-5-9-19)28-27(32)21-11-6-10-20(16-21)22-12-7-15-29(17-22)25(31)18-33-23-13-14-23;/h6,10-11,16,19,22-23,26H,2-5,7-9,12-15,17-18H2,1H3,(H,28,32);1H/t22?,26-;/m1./s1. The van der Waals surface area contributed by atoms with Gasteiger partial charge in [0.05, 0.1) is 12.1 Å². The van der Waals surface area contributed by atoms with E-state index in [4.69, 9.17) is 4.74 Å². The first-order chi connectivity index (χ1) is 16.0. The fourth-order valence-corrected chi connectivity index (χ4v) is 5.30. The van der Waals surface area contributed by atoms with Gasteiger partial charge in [0, 0.05) is 32.4 Å². The van der Waals surface area contributed by atoms with E-state index >= 15 is 0 Å². The predicted molar refractivity (Wildman–Crippen MR) is 129 cm³/mol. The highest BCUT2D eigenvalue weighted by Gasteiger charge is 2.31. The van der Waals surface area contributed by atoms with Gasteiger partial charge in [0.2, 0.25) is 5.91 Å². The topological polar surface area (TPSA) is 75.7 Å². The zero-order valence-electron chi connectivity index (χ0n) is 19.9. The van der Waals surface area contributed by atoms with E-state index in [0.29, 0.717) is 18.5 Å². The molecule has 33 heavy (non-hydrogen) atoms. The first kappa shape index (κ1) is 23.9. The maximum absolute atomic E-state index is 13.1. The number of hydrogen-bond acceptors (Lipinski definition) is 4. The quantitative estimate of drug-likeness (QED) is 0.595. The number of hydrogen-bond donors (Lipinski definition) is 1. The number of amides is 2. The summed E-state index contributed by atoms with van der Waals surface area (Å²) >= 11 is 0. The molecule has 1 aliphatic heterocycles. The Balaban J connectivity index is 0.00000324. The van der Waals surface area contributed by atoms with Crippen molar-refractivity contribution in [1.82, 2.24) is 10.2 Å². The molecule has 182 valence electrons. The summed E-state index contributed by atoms with van der Waals surface area (Å²) in [5, 5.41) is 3.07. The van der Waals surface area contributed by atoms with Gasteiger partial charge < -0.3 is 15.0 Å². The Morgan fingerprint density at radius 2 is 1.88 bits per heavy atom. The second-order valence-electron chi connectivity index (χ2n) is 9.98. The molecular weight excluding hydrogens is 416 g/mol. The third-order valence-electron chi connectivity index (χ3n) is 7.46. The van der Waals surface area contributed by atoms with Crippen molar-refractivity contribution in [2.24, 2.45) is 5.92 Å². The van der Waals surface area contributed by atoms with E-state index in [9.17, 15) is 14.4 Å². The van der Waals surface area contributed by atoms with E-state index in [1.165, 1.54) is 6.42 Å². The zero-order valence-corrected chi connectivity index (χ0v) is 19.9. The molecule has 1 N–H and O–H groups in total. The number of carbonyl (C=O) groups excluding carboxylic acids is 3. The molecule has 0 spiro atoms. The van der Waals surface area contributed by atoms with E-state index in [-0.39, 0.29) is 49.6 Å². The van der Waals surface area contributed by atoms with Gasteiger partial charge in [0.1, 0.15) is 6.61 Å². The molecule has 2 atom stereocenters. The SMILES string of the molecule is CCC(=O)[C@H](NC(=O)c1cccc(C2CCCN(C(=O)COC3CC3)C2)c1)C1CCCCC1.[HH]. The molecule has 1 aromatic carbocycles. The largest absolute Gasteiger partial charge is 0.368 e. The van der Waals surface area contributed by atoms with Crippen molar-refractivity contribution in [3.8, 4) is 0 Å². The molecule has 1 aromatic rings. The minimum atomic E-state index is -0.388. The Bertz CT molecular complexity index is 851.